The van der Waals surface area contributed by atoms with Crippen LogP contribution in [0, 0.1) is 0 Å². The van der Waals surface area contributed by atoms with Gasteiger partial charge in [0, 0.05) is 54.4 Å². The van der Waals surface area contributed by atoms with Crippen molar-refractivity contribution in [3.8, 4) is 0 Å². The lowest BCUT2D eigenvalue weighted by Gasteiger charge is -2.11. The third-order valence-corrected chi connectivity index (χ3v) is 6.53. The van der Waals surface area contributed by atoms with Crippen molar-refractivity contribution in [1.29, 1.82) is 0 Å². The van der Waals surface area contributed by atoms with E-state index in [-0.39, 0.29) is 24.5 Å². The normalized spacial score (nSPS) is 20.8. The highest BCUT2D eigenvalue weighted by Gasteiger charge is 2.33. The van der Waals surface area contributed by atoms with Crippen LogP contribution in [0.2, 0.25) is 0 Å². The molecule has 0 aliphatic carbocycles. The molecule has 2 aromatic rings. The second-order valence-electron chi connectivity index (χ2n) is 7.55. The molecule has 30 heavy (non-hydrogen) atoms. The first-order chi connectivity index (χ1) is 14.3. The van der Waals surface area contributed by atoms with Crippen molar-refractivity contribution in [1.82, 2.24) is 19.7 Å². The van der Waals surface area contributed by atoms with Crippen LogP contribution in [-0.2, 0) is 20.9 Å². The number of amides is 2. The van der Waals surface area contributed by atoms with E-state index < -0.39 is 0 Å². The zero-order valence-electron chi connectivity index (χ0n) is 16.9. The van der Waals surface area contributed by atoms with E-state index in [1.54, 1.807) is 19.0 Å². The van der Waals surface area contributed by atoms with E-state index in [4.69, 9.17) is 17.0 Å². The number of carbonyl (C=O) groups excluding carboxylic acids is 2. The van der Waals surface area contributed by atoms with E-state index in [0.29, 0.717) is 17.4 Å². The Morgan fingerprint density at radius 3 is 2.83 bits per heavy atom. The summed E-state index contributed by atoms with van der Waals surface area (Å²) < 4.78 is 8.40. The van der Waals surface area contributed by atoms with Crippen molar-refractivity contribution in [3.05, 3.63) is 40.1 Å². The van der Waals surface area contributed by atoms with Gasteiger partial charge in [0.1, 0.15) is 12.2 Å². The summed E-state index contributed by atoms with van der Waals surface area (Å²) in [6, 6.07) is 5.89. The number of likely N-dealkylation sites (N-methyl/N-ethyl adjacent to an activating group) is 2. The fourth-order valence-electron chi connectivity index (χ4n) is 3.82. The van der Waals surface area contributed by atoms with E-state index in [9.17, 15) is 9.59 Å². The third-order valence-electron chi connectivity index (χ3n) is 5.49. The number of hydrogen-bond donors (Lipinski definition) is 1. The smallest absolute Gasteiger partial charge is 0.276 e. The van der Waals surface area contributed by atoms with Crippen molar-refractivity contribution in [2.45, 2.75) is 25.5 Å². The summed E-state index contributed by atoms with van der Waals surface area (Å²) in [5.74, 6) is -0.216. The quantitative estimate of drug-likeness (QED) is 0.515. The molecule has 3 heterocycles. The Hall–Kier alpha value is -2.23. The standard InChI is InChI=1S/C21H23BrN4O3S/c1-24-18(20(28)25(2)21(24)30)8-13-11-26(17-6-5-14(22)9-16(13)17)12-19(27)23-10-15-4-3-7-29-15/h5-6,8-9,11,15H,3-4,7,10,12H2,1-2H3,(H,23,27)/b18-8-/t15-/m0/s1. The topological polar surface area (TPSA) is 66.8 Å². The molecule has 4 rings (SSSR count). The van der Waals surface area contributed by atoms with Gasteiger partial charge in [0.05, 0.1) is 6.10 Å². The van der Waals surface area contributed by atoms with Crippen molar-refractivity contribution in [2.24, 2.45) is 0 Å². The number of carbonyl (C=O) groups is 2. The van der Waals surface area contributed by atoms with Crippen LogP contribution in [0.1, 0.15) is 18.4 Å². The highest BCUT2D eigenvalue weighted by Crippen LogP contribution is 2.29. The molecule has 0 saturated carbocycles. The van der Waals surface area contributed by atoms with Gasteiger partial charge < -0.3 is 19.5 Å². The van der Waals surface area contributed by atoms with Gasteiger partial charge >= 0.3 is 0 Å². The molecule has 2 aliphatic rings. The van der Waals surface area contributed by atoms with Gasteiger partial charge in [-0.15, -0.1) is 0 Å². The van der Waals surface area contributed by atoms with Gasteiger partial charge in [0.15, 0.2) is 5.11 Å². The van der Waals surface area contributed by atoms with Crippen molar-refractivity contribution >= 4 is 62.1 Å². The maximum Gasteiger partial charge on any atom is 0.276 e. The summed E-state index contributed by atoms with van der Waals surface area (Å²) in [6.45, 7) is 1.49. The minimum Gasteiger partial charge on any atom is -0.376 e. The van der Waals surface area contributed by atoms with Crippen LogP contribution >= 0.6 is 28.1 Å². The Labute approximate surface area is 188 Å². The number of rotatable bonds is 5. The summed E-state index contributed by atoms with van der Waals surface area (Å²) in [6.07, 6.45) is 5.86. The van der Waals surface area contributed by atoms with Crippen LogP contribution in [0.25, 0.3) is 17.0 Å². The van der Waals surface area contributed by atoms with Gasteiger partial charge in [0.25, 0.3) is 5.91 Å². The average molecular weight is 491 g/mol. The zero-order valence-corrected chi connectivity index (χ0v) is 19.3. The van der Waals surface area contributed by atoms with Gasteiger partial charge in [-0.2, -0.15) is 0 Å². The van der Waals surface area contributed by atoms with Gasteiger partial charge in [0.2, 0.25) is 5.91 Å². The first-order valence-corrected chi connectivity index (χ1v) is 11.0. The number of ether oxygens (including phenoxy) is 1. The lowest BCUT2D eigenvalue weighted by atomic mass is 10.1. The van der Waals surface area contributed by atoms with Crippen LogP contribution in [-0.4, -0.2) is 64.6 Å². The fraction of sp³-hybridized carbons (Fsp3) is 0.381. The molecule has 7 nitrogen and oxygen atoms in total. The third kappa shape index (κ3) is 4.01. The second kappa shape index (κ2) is 8.49. The monoisotopic (exact) mass is 490 g/mol. The van der Waals surface area contributed by atoms with E-state index >= 15 is 0 Å². The van der Waals surface area contributed by atoms with Crippen LogP contribution in [0.5, 0.6) is 0 Å². The predicted octanol–water partition coefficient (Wildman–Crippen LogP) is 2.73. The Morgan fingerprint density at radius 1 is 1.37 bits per heavy atom. The molecule has 1 aromatic carbocycles. The predicted molar refractivity (Wildman–Crippen MR) is 123 cm³/mol. The van der Waals surface area contributed by atoms with E-state index in [2.05, 4.69) is 21.2 Å². The van der Waals surface area contributed by atoms with Crippen molar-refractivity contribution in [2.75, 3.05) is 27.2 Å². The van der Waals surface area contributed by atoms with E-state index in [0.717, 1.165) is 40.4 Å². The molecule has 1 atom stereocenters. The summed E-state index contributed by atoms with van der Waals surface area (Å²) in [4.78, 5) is 28.2. The second-order valence-corrected chi connectivity index (χ2v) is 8.83. The number of aromatic nitrogens is 1. The number of thiocarbonyl (C=S) groups is 1. The van der Waals surface area contributed by atoms with E-state index in [1.165, 1.54) is 4.90 Å². The lowest BCUT2D eigenvalue weighted by molar-refractivity contribution is -0.122. The molecule has 0 spiro atoms. The van der Waals surface area contributed by atoms with Crippen molar-refractivity contribution in [3.63, 3.8) is 0 Å². The maximum atomic E-state index is 12.6. The summed E-state index contributed by atoms with van der Waals surface area (Å²) in [5.41, 5.74) is 2.28. The van der Waals surface area contributed by atoms with Gasteiger partial charge in [-0.1, -0.05) is 15.9 Å². The molecule has 2 amide bonds. The fourth-order valence-corrected chi connectivity index (χ4v) is 4.36. The Kier molecular flexibility index (Phi) is 5.95. The molecular formula is C21H23BrN4O3S. The number of fused-ring (bicyclic) bond motifs is 1. The van der Waals surface area contributed by atoms with Crippen molar-refractivity contribution < 1.29 is 14.3 Å². The Morgan fingerprint density at radius 2 is 2.17 bits per heavy atom. The summed E-state index contributed by atoms with van der Waals surface area (Å²) in [7, 11) is 3.45. The minimum atomic E-state index is -0.146. The molecule has 2 fully saturated rings. The van der Waals surface area contributed by atoms with Gasteiger partial charge in [-0.25, -0.2) is 0 Å². The molecule has 0 bridgehead atoms. The SMILES string of the molecule is CN1C(=O)/C(=C/c2cn(CC(=O)NC[C@@H]3CCCO3)c3ccc(Br)cc23)N(C)C1=S. The molecule has 158 valence electrons. The maximum absolute atomic E-state index is 12.6. The minimum absolute atomic E-state index is 0.0699. The highest BCUT2D eigenvalue weighted by atomic mass is 79.9. The van der Waals surface area contributed by atoms with Gasteiger partial charge in [-0.3, -0.25) is 14.5 Å². The van der Waals surface area contributed by atoms with Crippen LogP contribution in [0.3, 0.4) is 0 Å². The van der Waals surface area contributed by atoms with Crippen LogP contribution in [0.15, 0.2) is 34.6 Å². The lowest BCUT2D eigenvalue weighted by Crippen LogP contribution is -2.34. The molecular weight excluding hydrogens is 468 g/mol. The number of nitrogens with zero attached hydrogens (tertiary/aromatic N) is 3. The molecule has 1 N–H and O–H groups in total. The van der Waals surface area contributed by atoms with Gasteiger partial charge in [-0.05, 0) is 49.3 Å². The first-order valence-electron chi connectivity index (χ1n) is 9.79. The van der Waals surface area contributed by atoms with Crippen LogP contribution < -0.4 is 5.32 Å². The molecule has 1 aromatic heterocycles. The molecule has 0 unspecified atom stereocenters. The molecule has 2 aliphatic heterocycles. The zero-order chi connectivity index (χ0) is 21.4. The first kappa shape index (κ1) is 21.0. The number of nitrogens with one attached hydrogen (secondary N) is 1. The number of benzene rings is 1. The number of halogens is 1. The Bertz CT molecular complexity index is 1060. The molecule has 2 saturated heterocycles. The average Bonchev–Trinajstić information content (AvgIpc) is 3.40. The summed E-state index contributed by atoms with van der Waals surface area (Å²) >= 11 is 8.82. The van der Waals surface area contributed by atoms with Crippen LogP contribution in [0.4, 0.5) is 0 Å². The highest BCUT2D eigenvalue weighted by molar-refractivity contribution is 9.10. The largest absolute Gasteiger partial charge is 0.376 e. The summed E-state index contributed by atoms with van der Waals surface area (Å²) in [5, 5.41) is 4.37. The molecule has 0 radical (unpaired) electrons. The number of hydrogen-bond acceptors (Lipinski definition) is 4. The molecule has 9 heteroatoms. The Balaban J connectivity index is 1.62. The van der Waals surface area contributed by atoms with E-state index in [1.807, 2.05) is 35.0 Å².